The molecule has 8 heteroatoms. The molecule has 2 heterocycles. The van der Waals surface area contributed by atoms with Crippen molar-refractivity contribution in [2.45, 2.75) is 37.9 Å². The van der Waals surface area contributed by atoms with E-state index in [-0.39, 0.29) is 11.8 Å². The second kappa shape index (κ2) is 6.35. The van der Waals surface area contributed by atoms with E-state index in [1.54, 1.807) is 12.1 Å². The molecule has 3 rings (SSSR count). The standard InChI is InChI=1S/C15H16F3N3OS/c16-15(17,18)13-9-11(10-4-5-10)21(20-13)7-2-6-19-14(22)12-3-1-8-23-12/h1,3,8-10H,2,4-7H2,(H,19,22). The molecule has 23 heavy (non-hydrogen) atoms. The molecule has 2 aromatic heterocycles. The number of carbonyl (C=O) groups excluding carboxylic acids is 1. The van der Waals surface area contributed by atoms with Gasteiger partial charge in [-0.15, -0.1) is 11.3 Å². The lowest BCUT2D eigenvalue weighted by atomic mass is 10.2. The number of thiophene rings is 1. The van der Waals surface area contributed by atoms with Crippen molar-refractivity contribution in [3.63, 3.8) is 0 Å². The van der Waals surface area contributed by atoms with E-state index in [2.05, 4.69) is 10.4 Å². The lowest BCUT2D eigenvalue weighted by Crippen LogP contribution is -2.24. The van der Waals surface area contributed by atoms with Crippen LogP contribution >= 0.6 is 11.3 Å². The molecule has 4 nitrogen and oxygen atoms in total. The summed E-state index contributed by atoms with van der Waals surface area (Å²) in [5.74, 6) is 0.0400. The number of carbonyl (C=O) groups is 1. The van der Waals surface area contributed by atoms with Crippen molar-refractivity contribution in [2.75, 3.05) is 6.54 Å². The predicted octanol–water partition coefficient (Wildman–Crippen LogP) is 3.66. The van der Waals surface area contributed by atoms with Gasteiger partial charge in [-0.3, -0.25) is 9.48 Å². The van der Waals surface area contributed by atoms with Crippen LogP contribution in [0.3, 0.4) is 0 Å². The third-order valence-electron chi connectivity index (χ3n) is 3.67. The highest BCUT2D eigenvalue weighted by molar-refractivity contribution is 7.12. The SMILES string of the molecule is O=C(NCCCn1nc(C(F)(F)F)cc1C1CC1)c1cccs1. The Morgan fingerprint density at radius 1 is 1.43 bits per heavy atom. The summed E-state index contributed by atoms with van der Waals surface area (Å²) in [5.41, 5.74) is -0.177. The second-order valence-corrected chi connectivity index (χ2v) is 6.48. The number of nitrogens with zero attached hydrogens (tertiary/aromatic N) is 2. The number of nitrogens with one attached hydrogen (secondary N) is 1. The average Bonchev–Trinajstić information content (AvgIpc) is 3.03. The molecule has 0 radical (unpaired) electrons. The first-order valence-corrected chi connectivity index (χ1v) is 8.30. The zero-order valence-corrected chi connectivity index (χ0v) is 13.1. The first-order valence-electron chi connectivity index (χ1n) is 7.42. The van der Waals surface area contributed by atoms with Gasteiger partial charge in [0.15, 0.2) is 5.69 Å². The summed E-state index contributed by atoms with van der Waals surface area (Å²) < 4.78 is 39.8. The van der Waals surface area contributed by atoms with Gasteiger partial charge in [0.2, 0.25) is 0 Å². The van der Waals surface area contributed by atoms with Gasteiger partial charge in [0, 0.05) is 24.7 Å². The van der Waals surface area contributed by atoms with Crippen molar-refractivity contribution in [3.05, 3.63) is 39.8 Å². The minimum Gasteiger partial charge on any atom is -0.351 e. The molecule has 0 aliphatic heterocycles. The zero-order valence-electron chi connectivity index (χ0n) is 12.3. The Hall–Kier alpha value is -1.83. The summed E-state index contributed by atoms with van der Waals surface area (Å²) in [6, 6.07) is 4.68. The van der Waals surface area contributed by atoms with Crippen LogP contribution in [0.5, 0.6) is 0 Å². The van der Waals surface area contributed by atoms with E-state index >= 15 is 0 Å². The Labute approximate surface area is 135 Å². The molecule has 0 bridgehead atoms. The molecule has 0 unspecified atom stereocenters. The number of amides is 1. The number of alkyl halides is 3. The quantitative estimate of drug-likeness (QED) is 0.814. The number of hydrogen-bond donors (Lipinski definition) is 1. The minimum atomic E-state index is -4.41. The van der Waals surface area contributed by atoms with Crippen molar-refractivity contribution in [3.8, 4) is 0 Å². The van der Waals surface area contributed by atoms with Crippen molar-refractivity contribution in [1.82, 2.24) is 15.1 Å². The van der Waals surface area contributed by atoms with Crippen LogP contribution in [0.1, 0.15) is 46.2 Å². The maximum absolute atomic E-state index is 12.8. The Bertz CT molecular complexity index is 675. The van der Waals surface area contributed by atoms with Gasteiger partial charge in [0.25, 0.3) is 5.91 Å². The highest BCUT2D eigenvalue weighted by Gasteiger charge is 2.37. The van der Waals surface area contributed by atoms with Gasteiger partial charge in [-0.1, -0.05) is 6.07 Å². The summed E-state index contributed by atoms with van der Waals surface area (Å²) in [6.45, 7) is 0.773. The molecule has 1 N–H and O–H groups in total. The van der Waals surface area contributed by atoms with Gasteiger partial charge in [-0.2, -0.15) is 18.3 Å². The van der Waals surface area contributed by atoms with Crippen LogP contribution in [-0.4, -0.2) is 22.2 Å². The highest BCUT2D eigenvalue weighted by atomic mass is 32.1. The fourth-order valence-electron chi connectivity index (χ4n) is 2.38. The van der Waals surface area contributed by atoms with E-state index in [9.17, 15) is 18.0 Å². The summed E-state index contributed by atoms with van der Waals surface area (Å²) in [7, 11) is 0. The van der Waals surface area contributed by atoms with Gasteiger partial charge >= 0.3 is 6.18 Å². The lowest BCUT2D eigenvalue weighted by molar-refractivity contribution is -0.141. The molecular weight excluding hydrogens is 327 g/mol. The van der Waals surface area contributed by atoms with Gasteiger partial charge in [-0.25, -0.2) is 0 Å². The molecule has 0 atom stereocenters. The summed E-state index contributed by atoms with van der Waals surface area (Å²) in [4.78, 5) is 12.4. The van der Waals surface area contributed by atoms with E-state index in [1.807, 2.05) is 5.38 Å². The van der Waals surface area contributed by atoms with E-state index in [4.69, 9.17) is 0 Å². The molecule has 1 saturated carbocycles. The van der Waals surface area contributed by atoms with E-state index in [0.717, 1.165) is 18.9 Å². The van der Waals surface area contributed by atoms with Crippen molar-refractivity contribution < 1.29 is 18.0 Å². The molecule has 0 aromatic carbocycles. The molecule has 0 saturated heterocycles. The molecule has 1 aliphatic carbocycles. The summed E-state index contributed by atoms with van der Waals surface area (Å²) >= 11 is 1.35. The maximum atomic E-state index is 12.8. The normalized spacial score (nSPS) is 14.9. The number of halogens is 3. The fraction of sp³-hybridized carbons (Fsp3) is 0.467. The Balaban J connectivity index is 1.55. The summed E-state index contributed by atoms with van der Waals surface area (Å²) in [6.07, 6.45) is -2.05. The first-order chi connectivity index (χ1) is 10.9. The van der Waals surface area contributed by atoms with Crippen LogP contribution in [0, 0.1) is 0 Å². The van der Waals surface area contributed by atoms with E-state index < -0.39 is 11.9 Å². The van der Waals surface area contributed by atoms with Crippen LogP contribution in [0.25, 0.3) is 0 Å². The maximum Gasteiger partial charge on any atom is 0.435 e. The molecule has 1 amide bonds. The Morgan fingerprint density at radius 2 is 2.22 bits per heavy atom. The molecule has 124 valence electrons. The van der Waals surface area contributed by atoms with Gasteiger partial charge < -0.3 is 5.32 Å². The first kappa shape index (κ1) is 16.0. The Morgan fingerprint density at radius 3 is 2.83 bits per heavy atom. The lowest BCUT2D eigenvalue weighted by Gasteiger charge is -2.07. The van der Waals surface area contributed by atoms with E-state index in [0.29, 0.717) is 30.1 Å². The number of hydrogen-bond acceptors (Lipinski definition) is 3. The second-order valence-electron chi connectivity index (χ2n) is 5.54. The van der Waals surface area contributed by atoms with Crippen molar-refractivity contribution in [2.24, 2.45) is 0 Å². The monoisotopic (exact) mass is 343 g/mol. The molecule has 1 aliphatic rings. The molecule has 1 fully saturated rings. The number of aromatic nitrogens is 2. The molecule has 2 aromatic rings. The number of rotatable bonds is 6. The van der Waals surface area contributed by atoms with Gasteiger partial charge in [0.05, 0.1) is 4.88 Å². The van der Waals surface area contributed by atoms with Crippen molar-refractivity contribution >= 4 is 17.2 Å². The average molecular weight is 343 g/mol. The van der Waals surface area contributed by atoms with Crippen LogP contribution in [0.4, 0.5) is 13.2 Å². The van der Waals surface area contributed by atoms with Crippen LogP contribution in [-0.2, 0) is 12.7 Å². The van der Waals surface area contributed by atoms with E-state index in [1.165, 1.54) is 16.0 Å². The van der Waals surface area contributed by atoms with Crippen LogP contribution in [0.15, 0.2) is 23.6 Å². The summed E-state index contributed by atoms with van der Waals surface area (Å²) in [5, 5.41) is 8.27. The fourth-order valence-corrected chi connectivity index (χ4v) is 3.02. The third kappa shape index (κ3) is 3.93. The van der Waals surface area contributed by atoms with Gasteiger partial charge in [-0.05, 0) is 36.8 Å². The predicted molar refractivity (Wildman–Crippen MR) is 80.5 cm³/mol. The largest absolute Gasteiger partial charge is 0.435 e. The third-order valence-corrected chi connectivity index (χ3v) is 4.54. The topological polar surface area (TPSA) is 46.9 Å². The molecular formula is C15H16F3N3OS. The van der Waals surface area contributed by atoms with Gasteiger partial charge in [0.1, 0.15) is 0 Å². The minimum absolute atomic E-state index is 0.154. The highest BCUT2D eigenvalue weighted by Crippen LogP contribution is 2.42. The van der Waals surface area contributed by atoms with Crippen LogP contribution < -0.4 is 5.32 Å². The van der Waals surface area contributed by atoms with Crippen LogP contribution in [0.2, 0.25) is 0 Å². The zero-order chi connectivity index (χ0) is 16.4. The molecule has 0 spiro atoms. The van der Waals surface area contributed by atoms with Crippen molar-refractivity contribution in [1.29, 1.82) is 0 Å². The number of aryl methyl sites for hydroxylation is 1. The smallest absolute Gasteiger partial charge is 0.351 e. The Kier molecular flexibility index (Phi) is 4.43.